The van der Waals surface area contributed by atoms with Crippen molar-refractivity contribution in [2.24, 2.45) is 0 Å². The molecule has 4 nitrogen and oxygen atoms in total. The average Bonchev–Trinajstić information content (AvgIpc) is 2.42. The molecule has 0 bridgehead atoms. The number of rotatable bonds is 9. The topological polar surface area (TPSA) is 39.7 Å². The van der Waals surface area contributed by atoms with E-state index < -0.39 is 13.0 Å². The minimum atomic E-state index is -2.42. The minimum Gasteiger partial charge on any atom is -0.497 e. The number of alkyl halides is 2. The molecule has 0 amide bonds. The first-order valence-corrected chi connectivity index (χ1v) is 5.95. The predicted molar refractivity (Wildman–Crippen MR) is 68.1 cm³/mol. The Morgan fingerprint density at radius 2 is 2.00 bits per heavy atom. The Labute approximate surface area is 111 Å². The first kappa shape index (κ1) is 15.7. The largest absolute Gasteiger partial charge is 0.497 e. The van der Waals surface area contributed by atoms with Crippen LogP contribution in [0.1, 0.15) is 5.56 Å². The number of hydrogen-bond donors (Lipinski definition) is 1. The maximum absolute atomic E-state index is 11.8. The molecule has 0 saturated carbocycles. The number of benzene rings is 1. The average molecular weight is 275 g/mol. The Bertz CT molecular complexity index is 375. The molecule has 1 N–H and O–H groups in total. The zero-order valence-electron chi connectivity index (χ0n) is 11.1. The van der Waals surface area contributed by atoms with E-state index in [4.69, 9.17) is 14.2 Å². The minimum absolute atomic E-state index is 0.247. The molecule has 0 heterocycles. The maximum atomic E-state index is 11.8. The molecular formula is C13H19F2NO3. The molecular weight excluding hydrogens is 256 g/mol. The second kappa shape index (κ2) is 8.66. The highest BCUT2D eigenvalue weighted by Gasteiger charge is 2.05. The molecule has 0 radical (unpaired) electrons. The van der Waals surface area contributed by atoms with E-state index >= 15 is 0 Å². The number of ether oxygens (including phenoxy) is 3. The summed E-state index contributed by atoms with van der Waals surface area (Å²) >= 11 is 0. The van der Waals surface area contributed by atoms with Crippen LogP contribution in [0.2, 0.25) is 0 Å². The van der Waals surface area contributed by atoms with Gasteiger partial charge in [-0.15, -0.1) is 0 Å². The van der Waals surface area contributed by atoms with Crippen LogP contribution in [0.5, 0.6) is 11.5 Å². The monoisotopic (exact) mass is 275 g/mol. The Hall–Kier alpha value is -1.40. The summed E-state index contributed by atoms with van der Waals surface area (Å²) in [6.07, 6.45) is -2.42. The van der Waals surface area contributed by atoms with E-state index in [1.54, 1.807) is 14.2 Å². The van der Waals surface area contributed by atoms with Crippen LogP contribution < -0.4 is 14.8 Å². The summed E-state index contributed by atoms with van der Waals surface area (Å²) in [4.78, 5) is 0. The lowest BCUT2D eigenvalue weighted by Gasteiger charge is -2.11. The fourth-order valence-electron chi connectivity index (χ4n) is 1.56. The Balaban J connectivity index is 2.35. The van der Waals surface area contributed by atoms with Crippen molar-refractivity contribution in [3.05, 3.63) is 23.8 Å². The number of methoxy groups -OCH3 is 2. The highest BCUT2D eigenvalue weighted by molar-refractivity contribution is 5.40. The van der Waals surface area contributed by atoms with Crippen molar-refractivity contribution in [2.75, 3.05) is 34.0 Å². The van der Waals surface area contributed by atoms with Gasteiger partial charge >= 0.3 is 0 Å². The van der Waals surface area contributed by atoms with Crippen molar-refractivity contribution in [1.82, 2.24) is 5.32 Å². The van der Waals surface area contributed by atoms with Gasteiger partial charge in [0, 0.05) is 18.7 Å². The Morgan fingerprint density at radius 3 is 2.63 bits per heavy atom. The molecule has 0 aliphatic heterocycles. The second-order valence-electron chi connectivity index (χ2n) is 3.82. The molecule has 0 unspecified atom stereocenters. The van der Waals surface area contributed by atoms with E-state index in [0.717, 1.165) is 17.1 Å². The summed E-state index contributed by atoms with van der Waals surface area (Å²) in [5.41, 5.74) is 0.940. The summed E-state index contributed by atoms with van der Waals surface area (Å²) in [7, 11) is 3.19. The first-order valence-electron chi connectivity index (χ1n) is 5.95. The summed E-state index contributed by atoms with van der Waals surface area (Å²) in [5.74, 6) is 1.49. The molecule has 108 valence electrons. The summed E-state index contributed by atoms with van der Waals surface area (Å²) < 4.78 is 38.8. The van der Waals surface area contributed by atoms with Crippen LogP contribution in [-0.4, -0.2) is 40.4 Å². The van der Waals surface area contributed by atoms with Crippen LogP contribution in [0.4, 0.5) is 8.78 Å². The van der Waals surface area contributed by atoms with Gasteiger partial charge in [0.25, 0.3) is 6.43 Å². The fourth-order valence-corrected chi connectivity index (χ4v) is 1.56. The van der Waals surface area contributed by atoms with Gasteiger partial charge in [-0.1, -0.05) is 0 Å². The highest BCUT2D eigenvalue weighted by atomic mass is 19.3. The van der Waals surface area contributed by atoms with Crippen LogP contribution in [0.25, 0.3) is 0 Å². The van der Waals surface area contributed by atoms with Crippen LogP contribution in [0.15, 0.2) is 18.2 Å². The van der Waals surface area contributed by atoms with Gasteiger partial charge in [-0.2, -0.15) is 0 Å². The molecule has 1 aromatic rings. The Kier molecular flexibility index (Phi) is 7.14. The summed E-state index contributed by atoms with van der Waals surface area (Å²) in [6, 6.07) is 5.50. The van der Waals surface area contributed by atoms with E-state index in [9.17, 15) is 8.78 Å². The molecule has 0 aliphatic rings. The van der Waals surface area contributed by atoms with Crippen molar-refractivity contribution in [2.45, 2.75) is 13.0 Å². The smallest absolute Gasteiger partial charge is 0.261 e. The lowest BCUT2D eigenvalue weighted by Crippen LogP contribution is -2.21. The van der Waals surface area contributed by atoms with Crippen LogP contribution in [-0.2, 0) is 11.3 Å². The van der Waals surface area contributed by atoms with Gasteiger partial charge in [0.05, 0.1) is 20.8 Å². The third kappa shape index (κ3) is 5.85. The molecule has 1 aromatic carbocycles. The van der Waals surface area contributed by atoms with Crippen molar-refractivity contribution >= 4 is 0 Å². The standard InChI is InChI=1S/C13H19F2NO3/c1-17-11-3-4-12(18-2)10(7-11)8-16-5-6-19-9-13(14)15/h3-4,7,13,16H,5-6,8-9H2,1-2H3. The first-order chi connectivity index (χ1) is 9.17. The molecule has 1 rings (SSSR count). The normalized spacial score (nSPS) is 10.8. The SMILES string of the molecule is COc1ccc(OC)c(CNCCOCC(F)F)c1. The fraction of sp³-hybridized carbons (Fsp3) is 0.538. The van der Waals surface area contributed by atoms with Gasteiger partial charge in [0.15, 0.2) is 0 Å². The van der Waals surface area contributed by atoms with Gasteiger partial charge in [-0.25, -0.2) is 8.78 Å². The van der Waals surface area contributed by atoms with Crippen molar-refractivity contribution in [3.8, 4) is 11.5 Å². The van der Waals surface area contributed by atoms with Crippen LogP contribution >= 0.6 is 0 Å². The zero-order chi connectivity index (χ0) is 14.1. The second-order valence-corrected chi connectivity index (χ2v) is 3.82. The van der Waals surface area contributed by atoms with Crippen LogP contribution in [0.3, 0.4) is 0 Å². The molecule has 0 saturated heterocycles. The van der Waals surface area contributed by atoms with Gasteiger partial charge < -0.3 is 19.5 Å². The summed E-state index contributed by atoms with van der Waals surface area (Å²) in [5, 5.41) is 3.10. The molecule has 0 fully saturated rings. The Morgan fingerprint density at radius 1 is 1.21 bits per heavy atom. The van der Waals surface area contributed by atoms with E-state index in [1.807, 2.05) is 18.2 Å². The lowest BCUT2D eigenvalue weighted by atomic mass is 10.2. The molecule has 19 heavy (non-hydrogen) atoms. The third-order valence-electron chi connectivity index (χ3n) is 2.47. The number of halogens is 2. The van der Waals surface area contributed by atoms with E-state index in [0.29, 0.717) is 13.1 Å². The van der Waals surface area contributed by atoms with E-state index in [2.05, 4.69) is 5.32 Å². The quantitative estimate of drug-likeness (QED) is 0.700. The van der Waals surface area contributed by atoms with Crippen molar-refractivity contribution in [1.29, 1.82) is 0 Å². The van der Waals surface area contributed by atoms with Gasteiger partial charge in [0.1, 0.15) is 18.1 Å². The molecule has 0 atom stereocenters. The maximum Gasteiger partial charge on any atom is 0.261 e. The molecule has 0 spiro atoms. The zero-order valence-corrected chi connectivity index (χ0v) is 11.1. The molecule has 0 aromatic heterocycles. The molecule has 6 heteroatoms. The number of nitrogens with one attached hydrogen (secondary N) is 1. The van der Waals surface area contributed by atoms with Gasteiger partial charge in [0.2, 0.25) is 0 Å². The van der Waals surface area contributed by atoms with Crippen LogP contribution in [0, 0.1) is 0 Å². The van der Waals surface area contributed by atoms with Crippen molar-refractivity contribution in [3.63, 3.8) is 0 Å². The van der Waals surface area contributed by atoms with Gasteiger partial charge in [-0.05, 0) is 18.2 Å². The lowest BCUT2D eigenvalue weighted by molar-refractivity contribution is 0.0187. The van der Waals surface area contributed by atoms with Crippen molar-refractivity contribution < 1.29 is 23.0 Å². The van der Waals surface area contributed by atoms with Gasteiger partial charge in [-0.3, -0.25) is 0 Å². The highest BCUT2D eigenvalue weighted by Crippen LogP contribution is 2.23. The summed E-state index contributed by atoms with van der Waals surface area (Å²) in [6.45, 7) is 0.770. The molecule has 0 aliphatic carbocycles. The van der Waals surface area contributed by atoms with E-state index in [1.165, 1.54) is 0 Å². The van der Waals surface area contributed by atoms with E-state index in [-0.39, 0.29) is 6.61 Å². The predicted octanol–water partition coefficient (Wildman–Crippen LogP) is 2.08. The number of hydrogen-bond acceptors (Lipinski definition) is 4. The third-order valence-corrected chi connectivity index (χ3v) is 2.47.